The summed E-state index contributed by atoms with van der Waals surface area (Å²) < 4.78 is 0. The van der Waals surface area contributed by atoms with Crippen molar-refractivity contribution in [2.24, 2.45) is 0 Å². The fourth-order valence-corrected chi connectivity index (χ4v) is 4.36. The van der Waals surface area contributed by atoms with Crippen LogP contribution in [-0.4, -0.2) is 18.4 Å². The SMILES string of the molecule is CSc1cccc(NC2=C[C@H](c3ccccc3)N(c3cccc(SC)c3)C2=O)c1. The third kappa shape index (κ3) is 4.21. The summed E-state index contributed by atoms with van der Waals surface area (Å²) in [5, 5.41) is 3.34. The minimum Gasteiger partial charge on any atom is -0.351 e. The first-order valence-corrected chi connectivity index (χ1v) is 11.8. The lowest BCUT2D eigenvalue weighted by Gasteiger charge is -2.25. The van der Waals surface area contributed by atoms with E-state index in [2.05, 4.69) is 41.7 Å². The van der Waals surface area contributed by atoms with E-state index >= 15 is 0 Å². The van der Waals surface area contributed by atoms with Crippen LogP contribution in [0, 0.1) is 0 Å². The number of thioether (sulfide) groups is 2. The summed E-state index contributed by atoms with van der Waals surface area (Å²) >= 11 is 3.36. The normalized spacial score (nSPS) is 16.1. The molecule has 5 heteroatoms. The van der Waals surface area contributed by atoms with Crippen LogP contribution in [-0.2, 0) is 4.79 Å². The molecule has 1 heterocycles. The largest absolute Gasteiger partial charge is 0.351 e. The average molecular weight is 419 g/mol. The van der Waals surface area contributed by atoms with Crippen LogP contribution in [0.5, 0.6) is 0 Å². The maximum atomic E-state index is 13.4. The Kier molecular flexibility index (Phi) is 5.97. The number of carbonyl (C=O) groups excluding carboxylic acids is 1. The van der Waals surface area contributed by atoms with Gasteiger partial charge in [-0.15, -0.1) is 23.5 Å². The molecule has 0 radical (unpaired) electrons. The highest BCUT2D eigenvalue weighted by Gasteiger charge is 2.34. The summed E-state index contributed by atoms with van der Waals surface area (Å²) in [5.74, 6) is -0.0216. The fourth-order valence-electron chi connectivity index (χ4n) is 3.44. The van der Waals surface area contributed by atoms with Gasteiger partial charge in [0.2, 0.25) is 0 Å². The van der Waals surface area contributed by atoms with Crippen LogP contribution in [0.4, 0.5) is 11.4 Å². The summed E-state index contributed by atoms with van der Waals surface area (Å²) in [6.45, 7) is 0. The number of nitrogens with one attached hydrogen (secondary N) is 1. The minimum atomic E-state index is -0.146. The van der Waals surface area contributed by atoms with Gasteiger partial charge in [-0.3, -0.25) is 9.69 Å². The topological polar surface area (TPSA) is 32.3 Å². The quantitative estimate of drug-likeness (QED) is 0.482. The van der Waals surface area contributed by atoms with Crippen LogP contribution < -0.4 is 10.2 Å². The van der Waals surface area contributed by atoms with Gasteiger partial charge in [-0.1, -0.05) is 42.5 Å². The van der Waals surface area contributed by atoms with Crippen molar-refractivity contribution in [3.63, 3.8) is 0 Å². The number of nitrogens with zero attached hydrogens (tertiary/aromatic N) is 1. The van der Waals surface area contributed by atoms with Gasteiger partial charge in [0.05, 0.1) is 6.04 Å². The molecular weight excluding hydrogens is 396 g/mol. The Bertz CT molecular complexity index is 1050. The molecule has 1 amide bonds. The molecule has 1 atom stereocenters. The Labute approximate surface area is 180 Å². The molecule has 29 heavy (non-hydrogen) atoms. The zero-order chi connectivity index (χ0) is 20.2. The molecule has 0 bridgehead atoms. The van der Waals surface area contributed by atoms with Gasteiger partial charge in [0.1, 0.15) is 5.70 Å². The van der Waals surface area contributed by atoms with Gasteiger partial charge in [0, 0.05) is 21.2 Å². The van der Waals surface area contributed by atoms with Crippen LogP contribution >= 0.6 is 23.5 Å². The predicted octanol–water partition coefficient (Wildman–Crippen LogP) is 6.21. The third-order valence-corrected chi connectivity index (χ3v) is 6.32. The zero-order valence-electron chi connectivity index (χ0n) is 16.3. The van der Waals surface area contributed by atoms with Crippen LogP contribution in [0.1, 0.15) is 11.6 Å². The molecular formula is C24H22N2OS2. The van der Waals surface area contributed by atoms with Crippen LogP contribution in [0.3, 0.4) is 0 Å². The van der Waals surface area contributed by atoms with Gasteiger partial charge in [0.25, 0.3) is 5.91 Å². The van der Waals surface area contributed by atoms with E-state index in [1.54, 1.807) is 23.5 Å². The summed E-state index contributed by atoms with van der Waals surface area (Å²) in [6, 6.07) is 26.3. The Morgan fingerprint density at radius 1 is 0.828 bits per heavy atom. The van der Waals surface area contributed by atoms with Crippen molar-refractivity contribution in [3.8, 4) is 0 Å². The number of anilines is 2. The number of hydrogen-bond acceptors (Lipinski definition) is 4. The zero-order valence-corrected chi connectivity index (χ0v) is 18.0. The molecule has 0 aromatic heterocycles. The van der Waals surface area contributed by atoms with E-state index in [0.29, 0.717) is 5.70 Å². The third-order valence-electron chi connectivity index (χ3n) is 4.87. The first-order valence-electron chi connectivity index (χ1n) is 9.35. The highest BCUT2D eigenvalue weighted by Crippen LogP contribution is 2.37. The lowest BCUT2D eigenvalue weighted by Crippen LogP contribution is -2.30. The molecule has 146 valence electrons. The molecule has 1 N–H and O–H groups in total. The van der Waals surface area contributed by atoms with E-state index in [1.807, 2.05) is 66.0 Å². The van der Waals surface area contributed by atoms with Crippen LogP contribution in [0.15, 0.2) is 100 Å². The van der Waals surface area contributed by atoms with E-state index in [1.165, 1.54) is 0 Å². The maximum absolute atomic E-state index is 13.4. The van der Waals surface area contributed by atoms with E-state index in [9.17, 15) is 4.79 Å². The second kappa shape index (κ2) is 8.80. The Morgan fingerprint density at radius 2 is 1.52 bits per heavy atom. The smallest absolute Gasteiger partial charge is 0.275 e. The molecule has 0 spiro atoms. The maximum Gasteiger partial charge on any atom is 0.275 e. The van der Waals surface area contributed by atoms with Gasteiger partial charge < -0.3 is 5.32 Å². The number of carbonyl (C=O) groups is 1. The molecule has 1 aliphatic rings. The first-order chi connectivity index (χ1) is 14.2. The number of amides is 1. The highest BCUT2D eigenvalue weighted by atomic mass is 32.2. The van der Waals surface area contributed by atoms with Crippen molar-refractivity contribution in [2.75, 3.05) is 22.7 Å². The molecule has 0 unspecified atom stereocenters. The van der Waals surface area contributed by atoms with Crippen molar-refractivity contribution in [3.05, 3.63) is 96.2 Å². The molecule has 3 aromatic rings. The first kappa shape index (κ1) is 19.7. The molecule has 0 saturated carbocycles. The highest BCUT2D eigenvalue weighted by molar-refractivity contribution is 7.98. The van der Waals surface area contributed by atoms with Crippen molar-refractivity contribution >= 4 is 40.8 Å². The molecule has 1 aliphatic heterocycles. The van der Waals surface area contributed by atoms with Gasteiger partial charge in [-0.2, -0.15) is 0 Å². The number of benzene rings is 3. The number of hydrogen-bond donors (Lipinski definition) is 1. The Balaban J connectivity index is 1.72. The number of rotatable bonds is 6. The lowest BCUT2D eigenvalue weighted by atomic mass is 10.1. The molecule has 0 saturated heterocycles. The Morgan fingerprint density at radius 3 is 2.24 bits per heavy atom. The standard InChI is InChI=1S/C24H22N2OS2/c1-28-20-12-6-10-18(14-20)25-22-16-23(17-8-4-3-5-9-17)26(24(22)27)19-11-7-13-21(15-19)29-2/h3-16,23,25H,1-2H3/t23-/m1/s1. The van der Waals surface area contributed by atoms with Crippen LogP contribution in [0.25, 0.3) is 0 Å². The van der Waals surface area contributed by atoms with Crippen molar-refractivity contribution in [2.45, 2.75) is 15.8 Å². The van der Waals surface area contributed by atoms with E-state index in [0.717, 1.165) is 26.7 Å². The summed E-state index contributed by atoms with van der Waals surface area (Å²) in [6.07, 6.45) is 6.11. The molecule has 4 rings (SSSR count). The summed E-state index contributed by atoms with van der Waals surface area (Å²) in [5.41, 5.74) is 3.52. The lowest BCUT2D eigenvalue weighted by molar-refractivity contribution is -0.114. The second-order valence-corrected chi connectivity index (χ2v) is 8.43. The van der Waals surface area contributed by atoms with E-state index < -0.39 is 0 Å². The average Bonchev–Trinajstić information content (AvgIpc) is 3.10. The molecule has 0 aliphatic carbocycles. The van der Waals surface area contributed by atoms with Crippen molar-refractivity contribution < 1.29 is 4.79 Å². The molecule has 0 fully saturated rings. The van der Waals surface area contributed by atoms with Gasteiger partial charge >= 0.3 is 0 Å². The molecule has 3 aromatic carbocycles. The van der Waals surface area contributed by atoms with Gasteiger partial charge in [-0.05, 0) is 60.5 Å². The predicted molar refractivity (Wildman–Crippen MR) is 125 cm³/mol. The monoisotopic (exact) mass is 418 g/mol. The Hall–Kier alpha value is -2.63. The minimum absolute atomic E-state index is 0.0216. The van der Waals surface area contributed by atoms with E-state index in [-0.39, 0.29) is 11.9 Å². The summed E-state index contributed by atoms with van der Waals surface area (Å²) in [4.78, 5) is 17.6. The van der Waals surface area contributed by atoms with E-state index in [4.69, 9.17) is 0 Å². The second-order valence-electron chi connectivity index (χ2n) is 6.67. The van der Waals surface area contributed by atoms with Crippen molar-refractivity contribution in [1.29, 1.82) is 0 Å². The molecule has 3 nitrogen and oxygen atoms in total. The summed E-state index contributed by atoms with van der Waals surface area (Å²) in [7, 11) is 0. The van der Waals surface area contributed by atoms with Gasteiger partial charge in [-0.25, -0.2) is 0 Å². The van der Waals surface area contributed by atoms with Crippen LogP contribution in [0.2, 0.25) is 0 Å². The van der Waals surface area contributed by atoms with Gasteiger partial charge in [0.15, 0.2) is 0 Å². The van der Waals surface area contributed by atoms with Crippen molar-refractivity contribution in [1.82, 2.24) is 0 Å². The fraction of sp³-hybridized carbons (Fsp3) is 0.125.